The number of halogens is 3. The van der Waals surface area contributed by atoms with Gasteiger partial charge in [0.05, 0.1) is 11.8 Å². The molecule has 0 radical (unpaired) electrons. The van der Waals surface area contributed by atoms with Crippen LogP contribution in [0.1, 0.15) is 58.3 Å². The van der Waals surface area contributed by atoms with Crippen molar-refractivity contribution < 1.29 is 23.9 Å². The molecule has 1 heterocycles. The maximum absolute atomic E-state index is 13.8. The Hall–Kier alpha value is -3.00. The van der Waals surface area contributed by atoms with Crippen molar-refractivity contribution in [1.29, 1.82) is 0 Å². The highest BCUT2D eigenvalue weighted by molar-refractivity contribution is 9.10. The first-order valence-electron chi connectivity index (χ1n) is 13.6. The second-order valence-corrected chi connectivity index (χ2v) is 12.8. The predicted molar refractivity (Wildman–Crippen MR) is 158 cm³/mol. The fraction of sp³-hybridized carbons (Fsp3) is 0.312. The average Bonchev–Trinajstić information content (AvgIpc) is 3.25. The average molecular weight is 655 g/mol. The Morgan fingerprint density at radius 2 is 1.24 bits per heavy atom. The number of ketones is 1. The van der Waals surface area contributed by atoms with Gasteiger partial charge in [-0.2, -0.15) is 0 Å². The molecule has 2 atom stereocenters. The molecule has 0 N–H and O–H groups in total. The zero-order valence-corrected chi connectivity index (χ0v) is 25.0. The second kappa shape index (κ2) is 10.7. The van der Waals surface area contributed by atoms with Gasteiger partial charge >= 0.3 is 5.97 Å². The number of amides is 2. The topological polar surface area (TPSA) is 80.8 Å². The summed E-state index contributed by atoms with van der Waals surface area (Å²) in [5, 5.41) is 0. The number of likely N-dealkylation sites (tertiary alicyclic amines) is 1. The largest absolute Gasteiger partial charge is 0.457 e. The lowest BCUT2D eigenvalue weighted by Crippen LogP contribution is -2.57. The van der Waals surface area contributed by atoms with E-state index in [1.807, 2.05) is 48.5 Å². The van der Waals surface area contributed by atoms with Crippen LogP contribution in [0.2, 0.25) is 0 Å². The Labute approximate surface area is 256 Å². The second-order valence-electron chi connectivity index (χ2n) is 10.7. The van der Waals surface area contributed by atoms with Crippen LogP contribution in [0.25, 0.3) is 0 Å². The van der Waals surface area contributed by atoms with E-state index in [0.717, 1.165) is 26.7 Å². The minimum atomic E-state index is -1.19. The minimum absolute atomic E-state index is 0.140. The van der Waals surface area contributed by atoms with E-state index in [-0.39, 0.29) is 37.2 Å². The van der Waals surface area contributed by atoms with Crippen LogP contribution in [-0.2, 0) is 28.9 Å². The first kappa shape index (κ1) is 28.1. The highest BCUT2D eigenvalue weighted by Crippen LogP contribution is 2.69. The van der Waals surface area contributed by atoms with Gasteiger partial charge in [-0.05, 0) is 47.2 Å². The van der Waals surface area contributed by atoms with Gasteiger partial charge in [0.15, 0.2) is 12.4 Å². The van der Waals surface area contributed by atoms with Crippen LogP contribution in [0, 0.1) is 11.8 Å². The summed E-state index contributed by atoms with van der Waals surface area (Å²) in [7, 11) is 0. The molecule has 1 saturated heterocycles. The quantitative estimate of drug-likeness (QED) is 0.0886. The third kappa shape index (κ3) is 4.36. The number of imide groups is 1. The number of hydrogen-bond donors (Lipinski definition) is 0. The summed E-state index contributed by atoms with van der Waals surface area (Å²) in [6, 6.07) is 21.9. The lowest BCUT2D eigenvalue weighted by molar-refractivity contribution is -0.143. The smallest absolute Gasteiger partial charge is 0.306 e. The van der Waals surface area contributed by atoms with E-state index in [1.54, 1.807) is 24.3 Å². The number of alkyl halides is 2. The zero-order valence-electron chi connectivity index (χ0n) is 21.9. The number of hydrogen-bond acceptors (Lipinski definition) is 5. The minimum Gasteiger partial charge on any atom is -0.457 e. The summed E-state index contributed by atoms with van der Waals surface area (Å²) in [5.41, 5.74) is 3.57. The van der Waals surface area contributed by atoms with Crippen molar-refractivity contribution in [2.45, 2.75) is 35.4 Å². The van der Waals surface area contributed by atoms with Gasteiger partial charge in [-0.15, -0.1) is 23.2 Å². The molecule has 3 aromatic carbocycles. The number of rotatable bonds is 9. The molecule has 0 spiro atoms. The normalized spacial score (nSPS) is 25.5. The Morgan fingerprint density at radius 3 is 1.73 bits per heavy atom. The summed E-state index contributed by atoms with van der Waals surface area (Å²) < 4.78 is 5.99. The van der Waals surface area contributed by atoms with Crippen LogP contribution in [0.4, 0.5) is 0 Å². The first-order chi connectivity index (χ1) is 19.7. The SMILES string of the molecule is O=C(CCCCCN1C(=O)[C@H]2[C@H](C1=O)C1(Cl)c3ccccc3C2(Cl)c2ccccc21)OCC(=O)c1ccc(Br)cc1. The van der Waals surface area contributed by atoms with Crippen LogP contribution in [0.3, 0.4) is 0 Å². The maximum Gasteiger partial charge on any atom is 0.306 e. The summed E-state index contributed by atoms with van der Waals surface area (Å²) in [6.45, 7) is -0.0977. The number of carbonyl (C=O) groups is 4. The Kier molecular flexibility index (Phi) is 7.33. The first-order valence-corrected chi connectivity index (χ1v) is 15.1. The molecule has 7 rings (SSSR count). The fourth-order valence-corrected chi connectivity index (χ4v) is 7.96. The van der Waals surface area contributed by atoms with Gasteiger partial charge < -0.3 is 4.74 Å². The van der Waals surface area contributed by atoms with Gasteiger partial charge in [0.25, 0.3) is 0 Å². The van der Waals surface area contributed by atoms with E-state index in [0.29, 0.717) is 24.8 Å². The molecular formula is C32H26BrCl2NO5. The van der Waals surface area contributed by atoms with Crippen molar-refractivity contribution in [2.75, 3.05) is 13.2 Å². The van der Waals surface area contributed by atoms with Gasteiger partial charge in [0, 0.05) is 23.0 Å². The zero-order chi connectivity index (χ0) is 28.9. The molecule has 4 aliphatic rings. The standard InChI is InChI=1S/C32H26BrCl2NO5/c33-20-15-13-19(14-16-20)25(37)18-41-26(38)12-2-1-7-17-36-29(39)27-28(30(36)40)32(35)22-9-4-3-8-21(22)31(27,34)23-10-5-6-11-24(23)32/h3-6,8-11,13-16,27-28H,1-2,7,12,17-18H2/t27-,28-,31?,32?/m1/s1. The molecule has 6 nitrogen and oxygen atoms in total. The third-order valence-electron chi connectivity index (χ3n) is 8.47. The van der Waals surface area contributed by atoms with Gasteiger partial charge in [0.2, 0.25) is 11.8 Å². The van der Waals surface area contributed by atoms with Crippen LogP contribution >= 0.6 is 39.1 Å². The van der Waals surface area contributed by atoms with Crippen molar-refractivity contribution in [3.8, 4) is 0 Å². The summed E-state index contributed by atoms with van der Waals surface area (Å²) in [6.07, 6.45) is 1.76. The molecule has 9 heteroatoms. The number of benzene rings is 3. The van der Waals surface area contributed by atoms with Gasteiger partial charge in [-0.25, -0.2) is 0 Å². The van der Waals surface area contributed by atoms with Gasteiger partial charge in [0.1, 0.15) is 9.75 Å². The van der Waals surface area contributed by atoms with E-state index in [4.69, 9.17) is 27.9 Å². The molecule has 0 saturated carbocycles. The number of esters is 1. The fourth-order valence-electron chi connectivity index (χ4n) is 6.60. The van der Waals surface area contributed by atoms with E-state index < -0.39 is 27.6 Å². The molecule has 0 unspecified atom stereocenters. The molecule has 1 aliphatic heterocycles. The van der Waals surface area contributed by atoms with Gasteiger partial charge in [-0.1, -0.05) is 83.0 Å². The molecule has 41 heavy (non-hydrogen) atoms. The van der Waals surface area contributed by atoms with E-state index >= 15 is 0 Å². The van der Waals surface area contributed by atoms with Crippen LogP contribution < -0.4 is 0 Å². The summed E-state index contributed by atoms with van der Waals surface area (Å²) in [4.78, 5) is 50.9. The molecule has 3 aromatic rings. The molecular weight excluding hydrogens is 629 g/mol. The van der Waals surface area contributed by atoms with Crippen molar-refractivity contribution in [3.63, 3.8) is 0 Å². The number of carbonyl (C=O) groups excluding carboxylic acids is 4. The molecule has 1 fully saturated rings. The lowest BCUT2D eigenvalue weighted by Gasteiger charge is -2.54. The summed E-state index contributed by atoms with van der Waals surface area (Å²) in [5.74, 6) is -2.97. The highest BCUT2D eigenvalue weighted by Gasteiger charge is 2.72. The lowest BCUT2D eigenvalue weighted by atomic mass is 9.54. The maximum atomic E-state index is 13.8. The molecule has 210 valence electrons. The number of nitrogens with zero attached hydrogens (tertiary/aromatic N) is 1. The number of Topliss-reactive ketones (excluding diaryl/α,β-unsaturated/α-hetero) is 1. The van der Waals surface area contributed by atoms with E-state index in [9.17, 15) is 19.2 Å². The van der Waals surface area contributed by atoms with Crippen LogP contribution in [0.5, 0.6) is 0 Å². The van der Waals surface area contributed by atoms with Crippen molar-refractivity contribution in [2.24, 2.45) is 11.8 Å². The predicted octanol–water partition coefficient (Wildman–Crippen LogP) is 6.33. The Balaban J connectivity index is 1.08. The number of ether oxygens (including phenoxy) is 1. The van der Waals surface area contributed by atoms with Crippen molar-refractivity contribution >= 4 is 62.7 Å². The Bertz CT molecular complexity index is 1450. The van der Waals surface area contributed by atoms with Crippen molar-refractivity contribution in [1.82, 2.24) is 4.90 Å². The Morgan fingerprint density at radius 1 is 0.756 bits per heavy atom. The molecule has 2 amide bonds. The van der Waals surface area contributed by atoms with Gasteiger partial charge in [-0.3, -0.25) is 24.1 Å². The molecule has 3 aliphatic carbocycles. The monoisotopic (exact) mass is 653 g/mol. The van der Waals surface area contributed by atoms with Crippen molar-refractivity contribution in [3.05, 3.63) is 105 Å². The number of unbranched alkanes of at least 4 members (excludes halogenated alkanes) is 2. The third-order valence-corrected chi connectivity index (χ3v) is 10.3. The van der Waals surface area contributed by atoms with E-state index in [2.05, 4.69) is 15.9 Å². The molecule has 0 aromatic heterocycles. The summed E-state index contributed by atoms with van der Waals surface area (Å²) >= 11 is 18.2. The van der Waals surface area contributed by atoms with E-state index in [1.165, 1.54) is 4.90 Å². The highest BCUT2D eigenvalue weighted by atomic mass is 79.9. The van der Waals surface area contributed by atoms with Crippen LogP contribution in [-0.4, -0.2) is 41.6 Å². The van der Waals surface area contributed by atoms with Crippen LogP contribution in [0.15, 0.2) is 77.3 Å². The molecule has 2 bridgehead atoms.